The molecule has 4 nitrogen and oxygen atoms in total. The van der Waals surface area contributed by atoms with Gasteiger partial charge in [-0.2, -0.15) is 47.4 Å². The highest BCUT2D eigenvalue weighted by Crippen LogP contribution is 2.59. The minimum Gasteiger partial charge on any atom is -0.239 e. The largest absolute Gasteiger partial charge is 0.419 e. The molecule has 0 aromatic heterocycles. The van der Waals surface area contributed by atoms with E-state index in [4.69, 9.17) is 0 Å². The Morgan fingerprint density at radius 3 is 1.98 bits per heavy atom. The van der Waals surface area contributed by atoms with Crippen molar-refractivity contribution in [1.29, 1.82) is 21.0 Å². The van der Waals surface area contributed by atoms with Gasteiger partial charge in [-0.05, 0) is 105 Å². The van der Waals surface area contributed by atoms with Gasteiger partial charge in [0.15, 0.2) is 0 Å². The van der Waals surface area contributed by atoms with E-state index in [1.165, 1.54) is 24.3 Å². The maximum atomic E-state index is 14.9. The predicted octanol–water partition coefficient (Wildman–Crippen LogP) is 11.0. The SMILES string of the molecule is CC1(F)CC=C(c2ccc3c(c2)C(=C(C#N)C#N)c2cc4c(cc2-3)C(=C(C#N)C#N)C2C=C(c3ccc(F)c(C(F)(F)F)c3)C=CC42C)C=C1C(F)(F)F. The van der Waals surface area contributed by atoms with E-state index in [1.807, 2.05) is 24.3 Å². The van der Waals surface area contributed by atoms with Crippen molar-refractivity contribution >= 4 is 22.3 Å². The van der Waals surface area contributed by atoms with Crippen molar-refractivity contribution in [3.63, 3.8) is 0 Å². The van der Waals surface area contributed by atoms with E-state index in [0.29, 0.717) is 51.1 Å². The van der Waals surface area contributed by atoms with Crippen LogP contribution in [0.25, 0.3) is 33.4 Å². The van der Waals surface area contributed by atoms with Gasteiger partial charge < -0.3 is 0 Å². The molecule has 0 fully saturated rings. The molecular formula is C42H22F8N4. The first-order valence-electron chi connectivity index (χ1n) is 16.3. The highest BCUT2D eigenvalue weighted by atomic mass is 19.4. The zero-order chi connectivity index (χ0) is 39.1. The smallest absolute Gasteiger partial charge is 0.239 e. The monoisotopic (exact) mass is 734 g/mol. The normalized spacial score (nSPS) is 22.3. The number of nitriles is 4. The quantitative estimate of drug-likeness (QED) is 0.151. The highest BCUT2D eigenvalue weighted by molar-refractivity contribution is 6.07. The molecule has 4 aliphatic carbocycles. The van der Waals surface area contributed by atoms with E-state index in [2.05, 4.69) is 0 Å². The summed E-state index contributed by atoms with van der Waals surface area (Å²) in [6.45, 7) is 2.66. The summed E-state index contributed by atoms with van der Waals surface area (Å²) in [7, 11) is 0. The molecule has 0 bridgehead atoms. The first kappa shape index (κ1) is 35.9. The topological polar surface area (TPSA) is 95.2 Å². The fourth-order valence-electron chi connectivity index (χ4n) is 7.90. The summed E-state index contributed by atoms with van der Waals surface area (Å²) in [5.74, 6) is -2.21. The van der Waals surface area contributed by atoms with Crippen LogP contribution >= 0.6 is 0 Å². The summed E-state index contributed by atoms with van der Waals surface area (Å²) in [5.41, 5.74) is -3.02. The molecule has 0 saturated heterocycles. The molecule has 3 atom stereocenters. The van der Waals surface area contributed by atoms with Crippen LogP contribution < -0.4 is 0 Å². The Labute approximate surface area is 303 Å². The van der Waals surface area contributed by atoms with Gasteiger partial charge in [0.25, 0.3) is 0 Å². The third-order valence-electron chi connectivity index (χ3n) is 10.6. The fraction of sp³-hybridized carbons (Fsp3) is 0.190. The number of rotatable bonds is 2. The molecule has 266 valence electrons. The summed E-state index contributed by atoms with van der Waals surface area (Å²) in [6.07, 6.45) is -3.43. The van der Waals surface area contributed by atoms with Crippen LogP contribution in [0.2, 0.25) is 0 Å². The predicted molar refractivity (Wildman–Crippen MR) is 183 cm³/mol. The maximum Gasteiger partial charge on any atom is 0.419 e. The lowest BCUT2D eigenvalue weighted by molar-refractivity contribution is -0.140. The molecule has 0 radical (unpaired) electrons. The van der Waals surface area contributed by atoms with E-state index in [0.717, 1.165) is 13.0 Å². The molecule has 12 heteroatoms. The van der Waals surface area contributed by atoms with Crippen LogP contribution in [0, 0.1) is 57.1 Å². The first-order chi connectivity index (χ1) is 25.4. The molecular weight excluding hydrogens is 712 g/mol. The molecule has 0 N–H and O–H groups in total. The summed E-state index contributed by atoms with van der Waals surface area (Å²) in [4.78, 5) is 0. The van der Waals surface area contributed by atoms with Crippen molar-refractivity contribution < 1.29 is 35.1 Å². The van der Waals surface area contributed by atoms with Crippen molar-refractivity contribution in [2.45, 2.75) is 43.7 Å². The van der Waals surface area contributed by atoms with E-state index < -0.39 is 52.7 Å². The lowest BCUT2D eigenvalue weighted by Crippen LogP contribution is -2.32. The van der Waals surface area contributed by atoms with Crippen molar-refractivity contribution in [3.05, 3.63) is 140 Å². The van der Waals surface area contributed by atoms with Crippen LogP contribution in [-0.2, 0) is 11.6 Å². The number of benzene rings is 3. The Morgan fingerprint density at radius 2 is 1.35 bits per heavy atom. The minimum atomic E-state index is -4.96. The minimum absolute atomic E-state index is 0.0549. The van der Waals surface area contributed by atoms with Gasteiger partial charge in [0.05, 0.1) is 11.1 Å². The molecule has 0 spiro atoms. The van der Waals surface area contributed by atoms with Gasteiger partial charge in [0.2, 0.25) is 0 Å². The molecule has 4 aliphatic rings. The molecule has 7 rings (SSSR count). The number of nitrogens with zero attached hydrogens (tertiary/aromatic N) is 4. The van der Waals surface area contributed by atoms with E-state index >= 15 is 0 Å². The molecule has 0 saturated carbocycles. The lowest BCUT2D eigenvalue weighted by Gasteiger charge is -2.32. The highest BCUT2D eigenvalue weighted by Gasteiger charge is 2.49. The molecule has 3 aromatic carbocycles. The summed E-state index contributed by atoms with van der Waals surface area (Å²) in [5, 5.41) is 40.3. The Morgan fingerprint density at radius 1 is 0.722 bits per heavy atom. The second-order valence-corrected chi connectivity index (χ2v) is 13.7. The zero-order valence-electron chi connectivity index (χ0n) is 28.1. The Hall–Kier alpha value is -6.50. The molecule has 54 heavy (non-hydrogen) atoms. The first-order valence-corrected chi connectivity index (χ1v) is 16.3. The van der Waals surface area contributed by atoms with Crippen LogP contribution in [0.1, 0.15) is 59.2 Å². The van der Waals surface area contributed by atoms with Gasteiger partial charge in [-0.15, -0.1) is 0 Å². The number of fused-ring (bicyclic) bond motifs is 6. The van der Waals surface area contributed by atoms with Gasteiger partial charge in [-0.3, -0.25) is 0 Å². The number of allylic oxidation sites excluding steroid dienone is 11. The standard InChI is InChI=1S/C42H22F8N4/c1-39-9-7-23(22-4-6-35(43)33(12-22)41(45,46)47)13-34(39)38(26(19-53)20-54)31-15-28-27-5-3-21(24-8-10-40(2,44)36(14-24)42(48,49)50)11-29(27)37(25(17-51)18-52)30(28)16-32(31)39/h3-9,11-16,34H,10H2,1-2H3. The average Bonchev–Trinajstić information content (AvgIpc) is 3.55. The number of alkyl halides is 7. The molecule has 0 heterocycles. The number of hydrogen-bond donors (Lipinski definition) is 0. The van der Waals surface area contributed by atoms with Crippen molar-refractivity contribution in [2.24, 2.45) is 5.92 Å². The van der Waals surface area contributed by atoms with Gasteiger partial charge in [-0.1, -0.05) is 49.4 Å². The Balaban J connectivity index is 1.42. The second-order valence-electron chi connectivity index (χ2n) is 13.7. The van der Waals surface area contributed by atoms with Gasteiger partial charge >= 0.3 is 12.4 Å². The average molecular weight is 735 g/mol. The van der Waals surface area contributed by atoms with Crippen molar-refractivity contribution in [3.8, 4) is 35.4 Å². The Bertz CT molecular complexity index is 2570. The second kappa shape index (κ2) is 12.0. The molecule has 0 amide bonds. The summed E-state index contributed by atoms with van der Waals surface area (Å²) >= 11 is 0. The fourth-order valence-corrected chi connectivity index (χ4v) is 7.90. The van der Waals surface area contributed by atoms with Gasteiger partial charge in [0, 0.05) is 23.3 Å². The molecule has 3 aromatic rings. The third-order valence-corrected chi connectivity index (χ3v) is 10.6. The lowest BCUT2D eigenvalue weighted by atomic mass is 9.70. The van der Waals surface area contributed by atoms with Crippen LogP contribution in [0.3, 0.4) is 0 Å². The van der Waals surface area contributed by atoms with Gasteiger partial charge in [-0.25, -0.2) is 8.78 Å². The van der Waals surface area contributed by atoms with Gasteiger partial charge in [0.1, 0.15) is 46.9 Å². The van der Waals surface area contributed by atoms with Crippen LogP contribution in [0.15, 0.2) is 95.6 Å². The molecule has 3 unspecified atom stereocenters. The Kier molecular flexibility index (Phi) is 7.99. The van der Waals surface area contributed by atoms with Crippen LogP contribution in [0.4, 0.5) is 35.1 Å². The van der Waals surface area contributed by atoms with Crippen molar-refractivity contribution in [2.75, 3.05) is 0 Å². The maximum absolute atomic E-state index is 14.9. The summed E-state index contributed by atoms with van der Waals surface area (Å²) < 4.78 is 111. The zero-order valence-corrected chi connectivity index (χ0v) is 28.1. The molecule has 0 aliphatic heterocycles. The van der Waals surface area contributed by atoms with Crippen LogP contribution in [-0.4, -0.2) is 11.8 Å². The number of halogens is 8. The van der Waals surface area contributed by atoms with E-state index in [9.17, 15) is 56.2 Å². The number of hydrogen-bond acceptors (Lipinski definition) is 4. The van der Waals surface area contributed by atoms with E-state index in [1.54, 1.807) is 43.4 Å². The van der Waals surface area contributed by atoms with E-state index in [-0.39, 0.29) is 39.0 Å². The van der Waals surface area contributed by atoms with Crippen molar-refractivity contribution in [1.82, 2.24) is 0 Å². The summed E-state index contributed by atoms with van der Waals surface area (Å²) in [6, 6.07) is 18.4. The van der Waals surface area contributed by atoms with Crippen LogP contribution in [0.5, 0.6) is 0 Å². The third kappa shape index (κ3) is 5.37.